The summed E-state index contributed by atoms with van der Waals surface area (Å²) in [5, 5.41) is 3.88. The first-order chi connectivity index (χ1) is 8.69. The Hall–Kier alpha value is -1.01. The number of hydrogen-bond acceptors (Lipinski definition) is 6. The van der Waals surface area contributed by atoms with Crippen LogP contribution in [0.4, 0.5) is 0 Å². The second kappa shape index (κ2) is 6.24. The monoisotopic (exact) mass is 270 g/mol. The van der Waals surface area contributed by atoms with E-state index < -0.39 is 0 Å². The lowest BCUT2D eigenvalue weighted by molar-refractivity contribution is -0.145. The third-order valence-electron chi connectivity index (χ3n) is 2.56. The van der Waals surface area contributed by atoms with Crippen LogP contribution in [-0.2, 0) is 9.53 Å². The number of ether oxygens (including phenoxy) is 1. The predicted octanol–water partition coefficient (Wildman–Crippen LogP) is 1.76. The van der Waals surface area contributed by atoms with Gasteiger partial charge < -0.3 is 14.5 Å². The largest absolute Gasteiger partial charge is 0.465 e. The fourth-order valence-corrected chi connectivity index (χ4v) is 2.38. The first-order valence-electron chi connectivity index (χ1n) is 6.16. The molecule has 6 heteroatoms. The predicted molar refractivity (Wildman–Crippen MR) is 68.5 cm³/mol. The van der Waals surface area contributed by atoms with Crippen molar-refractivity contribution in [3.8, 4) is 0 Å². The molecule has 0 spiro atoms. The van der Waals surface area contributed by atoms with E-state index >= 15 is 0 Å². The number of carbonyl (C=O) groups is 1. The van der Waals surface area contributed by atoms with Gasteiger partial charge in [0.1, 0.15) is 12.3 Å². The number of oxazole rings is 1. The van der Waals surface area contributed by atoms with Crippen LogP contribution < -0.4 is 5.32 Å². The normalized spacial score (nSPS) is 16.6. The molecule has 1 N–H and O–H groups in total. The van der Waals surface area contributed by atoms with Crippen molar-refractivity contribution in [1.82, 2.24) is 10.3 Å². The summed E-state index contributed by atoms with van der Waals surface area (Å²) in [5.41, 5.74) is 0.848. The van der Waals surface area contributed by atoms with E-state index in [9.17, 15) is 4.79 Å². The molecule has 1 saturated carbocycles. The number of thioether (sulfide) groups is 1. The highest BCUT2D eigenvalue weighted by Gasteiger charge is 2.29. The maximum absolute atomic E-state index is 11.8. The second-order valence-corrected chi connectivity index (χ2v) is 5.28. The third-order valence-corrected chi connectivity index (χ3v) is 3.49. The van der Waals surface area contributed by atoms with Gasteiger partial charge in [-0.15, -0.1) is 0 Å². The molecule has 0 aliphatic heterocycles. The minimum atomic E-state index is -0.283. The standard InChI is InChI=1S/C12H18N2O3S/c1-3-16-11(15)10(14-9-4-5-9)7-18-12-13-8(2)6-17-12/h6,9-10,14H,3-5,7H2,1-2H3. The van der Waals surface area contributed by atoms with Crippen molar-refractivity contribution in [2.75, 3.05) is 12.4 Å². The summed E-state index contributed by atoms with van der Waals surface area (Å²) in [5.74, 6) is 0.384. The van der Waals surface area contributed by atoms with E-state index in [4.69, 9.17) is 9.15 Å². The van der Waals surface area contributed by atoms with Gasteiger partial charge >= 0.3 is 5.97 Å². The zero-order valence-electron chi connectivity index (χ0n) is 10.6. The smallest absolute Gasteiger partial charge is 0.324 e. The molecule has 0 amide bonds. The molecular weight excluding hydrogens is 252 g/mol. The molecule has 5 nitrogen and oxygen atoms in total. The zero-order valence-corrected chi connectivity index (χ0v) is 11.5. The molecule has 18 heavy (non-hydrogen) atoms. The molecule has 0 bridgehead atoms. The van der Waals surface area contributed by atoms with Crippen LogP contribution in [0.25, 0.3) is 0 Å². The van der Waals surface area contributed by atoms with Gasteiger partial charge in [0.25, 0.3) is 5.22 Å². The Balaban J connectivity index is 1.85. The fourth-order valence-electron chi connectivity index (χ4n) is 1.51. The van der Waals surface area contributed by atoms with Crippen LogP contribution in [0.15, 0.2) is 15.9 Å². The number of rotatable bonds is 7. The van der Waals surface area contributed by atoms with Crippen LogP contribution in [0.3, 0.4) is 0 Å². The van der Waals surface area contributed by atoms with Crippen molar-refractivity contribution in [1.29, 1.82) is 0 Å². The second-order valence-electron chi connectivity index (χ2n) is 4.31. The summed E-state index contributed by atoms with van der Waals surface area (Å²) in [4.78, 5) is 16.0. The summed E-state index contributed by atoms with van der Waals surface area (Å²) >= 11 is 1.43. The molecule has 1 unspecified atom stereocenters. The summed E-state index contributed by atoms with van der Waals surface area (Å²) in [7, 11) is 0. The molecule has 1 atom stereocenters. The third kappa shape index (κ3) is 4.03. The minimum absolute atomic E-state index is 0.194. The summed E-state index contributed by atoms with van der Waals surface area (Å²) < 4.78 is 10.3. The van der Waals surface area contributed by atoms with E-state index in [0.29, 0.717) is 23.6 Å². The van der Waals surface area contributed by atoms with Crippen molar-refractivity contribution >= 4 is 17.7 Å². The minimum Gasteiger partial charge on any atom is -0.465 e. The lowest BCUT2D eigenvalue weighted by atomic mass is 10.3. The number of nitrogens with one attached hydrogen (secondary N) is 1. The molecule has 1 aliphatic rings. The number of hydrogen-bond donors (Lipinski definition) is 1. The molecule has 0 saturated heterocycles. The summed E-state index contributed by atoms with van der Waals surface area (Å²) in [6.07, 6.45) is 3.88. The van der Waals surface area contributed by atoms with Crippen LogP contribution in [-0.4, -0.2) is 35.4 Å². The van der Waals surface area contributed by atoms with Gasteiger partial charge in [-0.1, -0.05) is 11.8 Å². The van der Waals surface area contributed by atoms with Crippen molar-refractivity contribution in [2.24, 2.45) is 0 Å². The Morgan fingerprint density at radius 2 is 2.50 bits per heavy atom. The summed E-state index contributed by atoms with van der Waals surface area (Å²) in [6, 6.07) is 0.181. The van der Waals surface area contributed by atoms with E-state index in [1.165, 1.54) is 11.8 Å². The van der Waals surface area contributed by atoms with E-state index in [2.05, 4.69) is 10.3 Å². The fraction of sp³-hybridized carbons (Fsp3) is 0.667. The number of carbonyl (C=O) groups excluding carboxylic acids is 1. The molecule has 0 aromatic carbocycles. The first-order valence-corrected chi connectivity index (χ1v) is 7.15. The van der Waals surface area contributed by atoms with E-state index in [0.717, 1.165) is 18.5 Å². The molecule has 1 fully saturated rings. The Kier molecular flexibility index (Phi) is 4.66. The number of aryl methyl sites for hydroxylation is 1. The van der Waals surface area contributed by atoms with E-state index in [1.54, 1.807) is 6.26 Å². The molecule has 100 valence electrons. The Labute approximate surface area is 111 Å². The quantitative estimate of drug-likeness (QED) is 0.601. The topological polar surface area (TPSA) is 64.4 Å². The van der Waals surface area contributed by atoms with Crippen molar-refractivity contribution < 1.29 is 13.9 Å². The van der Waals surface area contributed by atoms with Gasteiger partial charge in [0, 0.05) is 11.8 Å². The van der Waals surface area contributed by atoms with Crippen molar-refractivity contribution in [2.45, 2.75) is 44.0 Å². The van der Waals surface area contributed by atoms with Gasteiger partial charge in [0.2, 0.25) is 0 Å². The first kappa shape index (κ1) is 13.4. The highest BCUT2D eigenvalue weighted by Crippen LogP contribution is 2.23. The molecule has 0 radical (unpaired) electrons. The molecule has 2 rings (SSSR count). The van der Waals surface area contributed by atoms with Gasteiger partial charge in [-0.05, 0) is 26.7 Å². The SMILES string of the molecule is CCOC(=O)C(CSc1nc(C)co1)NC1CC1. The molecule has 1 aromatic rings. The van der Waals surface area contributed by atoms with Crippen LogP contribution in [0.5, 0.6) is 0 Å². The van der Waals surface area contributed by atoms with E-state index in [1.807, 2.05) is 13.8 Å². The van der Waals surface area contributed by atoms with Gasteiger partial charge in [0.15, 0.2) is 0 Å². The van der Waals surface area contributed by atoms with Gasteiger partial charge in [-0.25, -0.2) is 4.98 Å². The highest BCUT2D eigenvalue weighted by atomic mass is 32.2. The molecule has 1 aromatic heterocycles. The zero-order chi connectivity index (χ0) is 13.0. The number of nitrogens with zero attached hydrogens (tertiary/aromatic N) is 1. The van der Waals surface area contributed by atoms with Gasteiger partial charge in [-0.3, -0.25) is 4.79 Å². The van der Waals surface area contributed by atoms with Crippen LogP contribution in [0, 0.1) is 6.92 Å². The molecular formula is C12H18N2O3S. The van der Waals surface area contributed by atoms with Crippen LogP contribution in [0.1, 0.15) is 25.5 Å². The van der Waals surface area contributed by atoms with Crippen molar-refractivity contribution in [3.63, 3.8) is 0 Å². The van der Waals surface area contributed by atoms with E-state index in [-0.39, 0.29) is 12.0 Å². The number of esters is 1. The Bertz CT molecular complexity index is 404. The molecule has 1 heterocycles. The lowest BCUT2D eigenvalue weighted by Gasteiger charge is -2.15. The molecule has 1 aliphatic carbocycles. The van der Waals surface area contributed by atoms with Crippen LogP contribution in [0.2, 0.25) is 0 Å². The van der Waals surface area contributed by atoms with Crippen molar-refractivity contribution in [3.05, 3.63) is 12.0 Å². The van der Waals surface area contributed by atoms with Crippen LogP contribution >= 0.6 is 11.8 Å². The highest BCUT2D eigenvalue weighted by molar-refractivity contribution is 7.99. The average molecular weight is 270 g/mol. The Morgan fingerprint density at radius 3 is 3.06 bits per heavy atom. The Morgan fingerprint density at radius 1 is 1.72 bits per heavy atom. The summed E-state index contributed by atoms with van der Waals surface area (Å²) in [6.45, 7) is 4.10. The average Bonchev–Trinajstić information content (AvgIpc) is 3.06. The van der Waals surface area contributed by atoms with Gasteiger partial charge in [-0.2, -0.15) is 0 Å². The maximum Gasteiger partial charge on any atom is 0.324 e. The number of aromatic nitrogens is 1. The maximum atomic E-state index is 11.8. The lowest BCUT2D eigenvalue weighted by Crippen LogP contribution is -2.41. The van der Waals surface area contributed by atoms with Gasteiger partial charge in [0.05, 0.1) is 12.3 Å².